The molecule has 9 nitrogen and oxygen atoms in total. The highest BCUT2D eigenvalue weighted by atomic mass is 16.5. The van der Waals surface area contributed by atoms with Crippen molar-refractivity contribution in [3.63, 3.8) is 0 Å². The van der Waals surface area contributed by atoms with E-state index in [1.54, 1.807) is 44.4 Å². The van der Waals surface area contributed by atoms with Gasteiger partial charge in [0, 0.05) is 5.69 Å². The van der Waals surface area contributed by atoms with E-state index in [1.165, 1.54) is 17.9 Å². The fourth-order valence-corrected chi connectivity index (χ4v) is 2.95. The van der Waals surface area contributed by atoms with Crippen LogP contribution in [0.4, 0.5) is 5.69 Å². The Morgan fingerprint density at radius 1 is 1.14 bits per heavy atom. The van der Waals surface area contributed by atoms with Gasteiger partial charge < -0.3 is 20.3 Å². The van der Waals surface area contributed by atoms with Crippen molar-refractivity contribution in [3.05, 3.63) is 64.5 Å². The Labute approximate surface area is 166 Å². The summed E-state index contributed by atoms with van der Waals surface area (Å²) >= 11 is 0. The predicted octanol–water partition coefficient (Wildman–Crippen LogP) is 2.16. The minimum Gasteiger partial charge on any atom is -0.497 e. The van der Waals surface area contributed by atoms with Crippen LogP contribution in [0.25, 0.3) is 0 Å². The van der Waals surface area contributed by atoms with Gasteiger partial charge in [-0.05, 0) is 42.3 Å². The Bertz CT molecular complexity index is 1070. The maximum atomic E-state index is 13.0. The number of aromatic nitrogens is 3. The smallest absolute Gasteiger partial charge is 0.356 e. The number of benzene rings is 2. The molecule has 3 aromatic rings. The SMILES string of the molecule is COc1ccc(Cn2nnc(C(=O)c3cc(OC)c(C)cc3N)c2C(=O)O)cc1. The highest BCUT2D eigenvalue weighted by Crippen LogP contribution is 2.27. The summed E-state index contributed by atoms with van der Waals surface area (Å²) < 4.78 is 11.5. The number of carboxylic acids is 1. The van der Waals surface area contributed by atoms with Crippen LogP contribution in [0.1, 0.15) is 37.7 Å². The van der Waals surface area contributed by atoms with Crippen molar-refractivity contribution >= 4 is 17.4 Å². The fourth-order valence-electron chi connectivity index (χ4n) is 2.95. The molecule has 3 N–H and O–H groups in total. The standard InChI is InChI=1S/C20H20N4O5/c1-11-8-15(21)14(9-16(11)29-3)19(25)17-18(20(26)27)24(23-22-17)10-12-4-6-13(28-2)7-5-12/h4-9H,10,21H2,1-3H3,(H,26,27). The van der Waals surface area contributed by atoms with E-state index in [-0.39, 0.29) is 29.2 Å². The molecule has 3 rings (SSSR count). The number of nitrogens with zero attached hydrogens (tertiary/aromatic N) is 3. The van der Waals surface area contributed by atoms with Gasteiger partial charge >= 0.3 is 5.97 Å². The molecule has 0 unspecified atom stereocenters. The lowest BCUT2D eigenvalue weighted by Crippen LogP contribution is -2.16. The van der Waals surface area contributed by atoms with Crippen molar-refractivity contribution < 1.29 is 24.2 Å². The van der Waals surface area contributed by atoms with E-state index in [4.69, 9.17) is 15.2 Å². The number of ether oxygens (including phenoxy) is 2. The molecule has 0 spiro atoms. The number of anilines is 1. The van der Waals surface area contributed by atoms with Crippen LogP contribution in [-0.4, -0.2) is 46.1 Å². The maximum absolute atomic E-state index is 13.0. The molecular formula is C20H20N4O5. The number of carbonyl (C=O) groups excluding carboxylic acids is 1. The summed E-state index contributed by atoms with van der Waals surface area (Å²) in [5.41, 5.74) is 7.20. The van der Waals surface area contributed by atoms with Crippen molar-refractivity contribution in [1.29, 1.82) is 0 Å². The number of carboxylic acid groups (broad SMARTS) is 1. The molecule has 1 heterocycles. The number of rotatable bonds is 7. The summed E-state index contributed by atoms with van der Waals surface area (Å²) in [4.78, 5) is 24.9. The van der Waals surface area contributed by atoms with Gasteiger partial charge in [0.1, 0.15) is 11.5 Å². The van der Waals surface area contributed by atoms with E-state index in [1.807, 2.05) is 0 Å². The van der Waals surface area contributed by atoms with Crippen molar-refractivity contribution in [2.45, 2.75) is 13.5 Å². The Morgan fingerprint density at radius 3 is 2.41 bits per heavy atom. The average molecular weight is 396 g/mol. The second kappa shape index (κ2) is 8.01. The minimum atomic E-state index is -1.32. The molecule has 0 atom stereocenters. The molecule has 1 aromatic heterocycles. The third kappa shape index (κ3) is 3.88. The molecular weight excluding hydrogens is 376 g/mol. The second-order valence-electron chi connectivity index (χ2n) is 6.34. The Morgan fingerprint density at radius 2 is 1.83 bits per heavy atom. The molecule has 9 heteroatoms. The van der Waals surface area contributed by atoms with E-state index in [0.29, 0.717) is 11.5 Å². The molecule has 150 valence electrons. The van der Waals surface area contributed by atoms with Gasteiger partial charge in [-0.3, -0.25) is 4.79 Å². The Balaban J connectivity index is 2.00. The van der Waals surface area contributed by atoms with Crippen LogP contribution in [-0.2, 0) is 6.54 Å². The van der Waals surface area contributed by atoms with Crippen LogP contribution in [0.15, 0.2) is 36.4 Å². The predicted molar refractivity (Wildman–Crippen MR) is 105 cm³/mol. The minimum absolute atomic E-state index is 0.103. The fraction of sp³-hybridized carbons (Fsp3) is 0.200. The number of hydrogen-bond donors (Lipinski definition) is 2. The van der Waals surface area contributed by atoms with Crippen molar-refractivity contribution in [3.8, 4) is 11.5 Å². The van der Waals surface area contributed by atoms with Crippen LogP contribution in [0.3, 0.4) is 0 Å². The number of carbonyl (C=O) groups is 2. The van der Waals surface area contributed by atoms with Crippen molar-refractivity contribution in [2.75, 3.05) is 20.0 Å². The summed E-state index contributed by atoms with van der Waals surface area (Å²) in [6.07, 6.45) is 0. The van der Waals surface area contributed by atoms with E-state index < -0.39 is 11.8 Å². The third-order valence-electron chi connectivity index (χ3n) is 4.46. The Hall–Kier alpha value is -3.88. The number of ketones is 1. The first-order valence-corrected chi connectivity index (χ1v) is 8.64. The molecule has 0 saturated heterocycles. The van der Waals surface area contributed by atoms with Crippen LogP contribution in [0.2, 0.25) is 0 Å². The number of aromatic carboxylic acids is 1. The summed E-state index contributed by atoms with van der Waals surface area (Å²) in [6.45, 7) is 1.91. The van der Waals surface area contributed by atoms with Gasteiger partial charge in [-0.25, -0.2) is 9.48 Å². The normalized spacial score (nSPS) is 10.6. The largest absolute Gasteiger partial charge is 0.497 e. The highest BCUT2D eigenvalue weighted by molar-refractivity contribution is 6.15. The Kier molecular flexibility index (Phi) is 5.49. The molecule has 0 aliphatic carbocycles. The van der Waals surface area contributed by atoms with Crippen LogP contribution in [0, 0.1) is 6.92 Å². The number of nitrogen functional groups attached to an aromatic ring is 1. The second-order valence-corrected chi connectivity index (χ2v) is 6.34. The zero-order chi connectivity index (χ0) is 21.1. The van der Waals surface area contributed by atoms with Gasteiger partial charge in [-0.2, -0.15) is 0 Å². The van der Waals surface area contributed by atoms with Gasteiger partial charge in [-0.1, -0.05) is 17.3 Å². The lowest BCUT2D eigenvalue weighted by molar-refractivity contribution is 0.0679. The lowest BCUT2D eigenvalue weighted by Gasteiger charge is -2.10. The van der Waals surface area contributed by atoms with Gasteiger partial charge in [0.2, 0.25) is 5.78 Å². The third-order valence-corrected chi connectivity index (χ3v) is 4.46. The number of aryl methyl sites for hydroxylation is 1. The summed E-state index contributed by atoms with van der Waals surface area (Å²) in [6, 6.07) is 10.1. The molecule has 0 aliphatic heterocycles. The molecule has 2 aromatic carbocycles. The van der Waals surface area contributed by atoms with Gasteiger partial charge in [-0.15, -0.1) is 5.10 Å². The van der Waals surface area contributed by atoms with Crippen molar-refractivity contribution in [1.82, 2.24) is 15.0 Å². The molecule has 0 amide bonds. The van der Waals surface area contributed by atoms with E-state index in [2.05, 4.69) is 10.3 Å². The van der Waals surface area contributed by atoms with Crippen molar-refractivity contribution in [2.24, 2.45) is 0 Å². The zero-order valence-corrected chi connectivity index (χ0v) is 16.2. The zero-order valence-electron chi connectivity index (χ0n) is 16.2. The molecule has 0 bridgehead atoms. The van der Waals surface area contributed by atoms with Crippen LogP contribution >= 0.6 is 0 Å². The monoisotopic (exact) mass is 396 g/mol. The van der Waals surface area contributed by atoms with Gasteiger partial charge in [0.25, 0.3) is 0 Å². The number of hydrogen-bond acceptors (Lipinski definition) is 7. The first-order valence-electron chi connectivity index (χ1n) is 8.64. The molecule has 0 radical (unpaired) electrons. The van der Waals surface area contributed by atoms with Crippen LogP contribution < -0.4 is 15.2 Å². The van der Waals surface area contributed by atoms with E-state index in [9.17, 15) is 14.7 Å². The number of methoxy groups -OCH3 is 2. The molecule has 0 aliphatic rings. The average Bonchev–Trinajstić information content (AvgIpc) is 3.12. The number of nitrogens with two attached hydrogens (primary N) is 1. The van der Waals surface area contributed by atoms with Gasteiger partial charge in [0.05, 0.1) is 26.3 Å². The van der Waals surface area contributed by atoms with Crippen LogP contribution in [0.5, 0.6) is 11.5 Å². The van der Waals surface area contributed by atoms with E-state index in [0.717, 1.165) is 11.1 Å². The highest BCUT2D eigenvalue weighted by Gasteiger charge is 2.27. The van der Waals surface area contributed by atoms with E-state index >= 15 is 0 Å². The first kappa shape index (κ1) is 19.9. The molecule has 0 saturated carbocycles. The summed E-state index contributed by atoms with van der Waals surface area (Å²) in [5.74, 6) is -0.820. The molecule has 29 heavy (non-hydrogen) atoms. The van der Waals surface area contributed by atoms with Gasteiger partial charge in [0.15, 0.2) is 11.4 Å². The quantitative estimate of drug-likeness (QED) is 0.459. The molecule has 0 fully saturated rings. The summed E-state index contributed by atoms with van der Waals surface area (Å²) in [7, 11) is 3.03. The first-order chi connectivity index (χ1) is 13.8. The lowest BCUT2D eigenvalue weighted by atomic mass is 10.0. The maximum Gasteiger partial charge on any atom is 0.356 e. The topological polar surface area (TPSA) is 130 Å². The summed E-state index contributed by atoms with van der Waals surface area (Å²) in [5, 5.41) is 17.4.